The van der Waals surface area contributed by atoms with Gasteiger partial charge >= 0.3 is 0 Å². The van der Waals surface area contributed by atoms with Crippen molar-refractivity contribution in [2.24, 2.45) is 5.92 Å². The highest BCUT2D eigenvalue weighted by atomic mass is 79.9. The van der Waals surface area contributed by atoms with Crippen LogP contribution < -0.4 is 5.32 Å². The first kappa shape index (κ1) is 14.6. The molecule has 1 aromatic rings. The second-order valence-corrected chi connectivity index (χ2v) is 7.22. The molecule has 1 saturated heterocycles. The Morgan fingerprint density at radius 2 is 2.25 bits per heavy atom. The first-order chi connectivity index (χ1) is 9.76. The van der Waals surface area contributed by atoms with Crippen molar-refractivity contribution < 1.29 is 0 Å². The van der Waals surface area contributed by atoms with Crippen LogP contribution in [0, 0.1) is 5.92 Å². The number of nitrogens with one attached hydrogen (secondary N) is 1. The molecular weight excluding hydrogens is 312 g/mol. The molecule has 2 unspecified atom stereocenters. The van der Waals surface area contributed by atoms with Crippen LogP contribution in [0.5, 0.6) is 0 Å². The summed E-state index contributed by atoms with van der Waals surface area (Å²) in [5.41, 5.74) is 2.81. The van der Waals surface area contributed by atoms with Crippen molar-refractivity contribution in [3.63, 3.8) is 0 Å². The van der Waals surface area contributed by atoms with Gasteiger partial charge in [-0.15, -0.1) is 0 Å². The Balaban J connectivity index is 1.59. The molecule has 20 heavy (non-hydrogen) atoms. The van der Waals surface area contributed by atoms with E-state index in [1.165, 1.54) is 47.8 Å². The molecule has 0 aromatic heterocycles. The smallest absolute Gasteiger partial charge is 0.0247 e. The molecule has 2 fully saturated rings. The number of hydrogen-bond donors (Lipinski definition) is 1. The molecule has 1 aliphatic carbocycles. The van der Waals surface area contributed by atoms with Crippen LogP contribution in [-0.4, -0.2) is 24.0 Å². The number of hydrogen-bond acceptors (Lipinski definition) is 2. The van der Waals surface area contributed by atoms with Crippen molar-refractivity contribution in [1.29, 1.82) is 0 Å². The summed E-state index contributed by atoms with van der Waals surface area (Å²) in [6.45, 7) is 6.70. The Morgan fingerprint density at radius 3 is 2.90 bits per heavy atom. The summed E-state index contributed by atoms with van der Waals surface area (Å²) in [5, 5.41) is 3.46. The minimum Gasteiger partial charge on any atom is -0.313 e. The van der Waals surface area contributed by atoms with Gasteiger partial charge < -0.3 is 5.32 Å². The Morgan fingerprint density at radius 1 is 1.35 bits per heavy atom. The maximum absolute atomic E-state index is 3.76. The van der Waals surface area contributed by atoms with Crippen LogP contribution in [0.1, 0.15) is 43.7 Å². The molecule has 0 radical (unpaired) electrons. The molecule has 2 nitrogen and oxygen atoms in total. The lowest BCUT2D eigenvalue weighted by Gasteiger charge is -2.27. The number of nitrogens with zero attached hydrogens (tertiary/aromatic N) is 1. The van der Waals surface area contributed by atoms with Crippen LogP contribution in [0.3, 0.4) is 0 Å². The predicted molar refractivity (Wildman–Crippen MR) is 87.7 cm³/mol. The molecule has 0 amide bonds. The molecule has 3 heteroatoms. The van der Waals surface area contributed by atoms with Crippen molar-refractivity contribution in [2.45, 2.75) is 51.7 Å². The van der Waals surface area contributed by atoms with Crippen molar-refractivity contribution >= 4 is 15.9 Å². The minimum absolute atomic E-state index is 0.859. The third-order valence-corrected chi connectivity index (χ3v) is 5.51. The quantitative estimate of drug-likeness (QED) is 0.791. The van der Waals surface area contributed by atoms with E-state index in [9.17, 15) is 0 Å². The largest absolute Gasteiger partial charge is 0.313 e. The van der Waals surface area contributed by atoms with Crippen molar-refractivity contribution in [2.75, 3.05) is 13.1 Å². The van der Waals surface area contributed by atoms with E-state index in [1.807, 2.05) is 0 Å². The summed E-state index contributed by atoms with van der Waals surface area (Å²) in [5.74, 6) is 0.983. The van der Waals surface area contributed by atoms with E-state index in [0.717, 1.165) is 31.6 Å². The van der Waals surface area contributed by atoms with Gasteiger partial charge in [-0.1, -0.05) is 35.0 Å². The maximum Gasteiger partial charge on any atom is 0.0247 e. The average Bonchev–Trinajstić information content (AvgIpc) is 3.04. The van der Waals surface area contributed by atoms with Crippen LogP contribution in [0.4, 0.5) is 0 Å². The van der Waals surface area contributed by atoms with Gasteiger partial charge in [0.05, 0.1) is 0 Å². The van der Waals surface area contributed by atoms with E-state index in [0.29, 0.717) is 0 Å². The van der Waals surface area contributed by atoms with Crippen LogP contribution in [0.15, 0.2) is 22.7 Å². The molecular formula is C17H25BrN2. The molecule has 1 saturated carbocycles. The highest BCUT2D eigenvalue weighted by Gasteiger charge is 2.37. The van der Waals surface area contributed by atoms with Gasteiger partial charge in [0.15, 0.2) is 0 Å². The van der Waals surface area contributed by atoms with Crippen molar-refractivity contribution in [3.05, 3.63) is 33.8 Å². The minimum atomic E-state index is 0.859. The molecule has 0 spiro atoms. The third kappa shape index (κ3) is 3.26. The number of piperidine rings is 1. The van der Waals surface area contributed by atoms with Crippen LogP contribution >= 0.6 is 15.9 Å². The van der Waals surface area contributed by atoms with E-state index in [-0.39, 0.29) is 0 Å². The second kappa shape index (κ2) is 6.59. The zero-order valence-corrected chi connectivity index (χ0v) is 14.0. The molecule has 1 heterocycles. The SMILES string of the molecule is CCCNCc1ccc(CN2CC3CCC2C3)c(Br)c1. The number of likely N-dealkylation sites (tertiary alicyclic amines) is 1. The summed E-state index contributed by atoms with van der Waals surface area (Å²) >= 11 is 3.76. The molecule has 3 rings (SSSR count). The zero-order valence-electron chi connectivity index (χ0n) is 12.4. The van der Waals surface area contributed by atoms with E-state index in [4.69, 9.17) is 0 Å². The Labute approximate surface area is 131 Å². The lowest BCUT2D eigenvalue weighted by Crippen LogP contribution is -2.31. The second-order valence-electron chi connectivity index (χ2n) is 6.36. The Hall–Kier alpha value is -0.380. The van der Waals surface area contributed by atoms with Gasteiger partial charge in [0.25, 0.3) is 0 Å². The van der Waals surface area contributed by atoms with E-state index in [2.05, 4.69) is 51.3 Å². The first-order valence-corrected chi connectivity index (χ1v) is 8.77. The van der Waals surface area contributed by atoms with E-state index in [1.54, 1.807) is 0 Å². The lowest BCUT2D eigenvalue weighted by molar-refractivity contribution is 0.205. The standard InChI is InChI=1S/C17H25BrN2/c1-2-7-19-10-13-3-5-15(17(18)9-13)12-20-11-14-4-6-16(20)8-14/h3,5,9,14,16,19H,2,4,6-8,10-12H2,1H3. The summed E-state index contributed by atoms with van der Waals surface area (Å²) in [4.78, 5) is 2.68. The molecule has 2 atom stereocenters. The summed E-state index contributed by atoms with van der Waals surface area (Å²) in [6, 6.07) is 7.72. The number of fused-ring (bicyclic) bond motifs is 2. The van der Waals surface area contributed by atoms with Gasteiger partial charge in [0.2, 0.25) is 0 Å². The number of benzene rings is 1. The zero-order chi connectivity index (χ0) is 13.9. The summed E-state index contributed by atoms with van der Waals surface area (Å²) < 4.78 is 1.27. The van der Waals surface area contributed by atoms with Gasteiger partial charge in [-0.05, 0) is 55.3 Å². The molecule has 110 valence electrons. The molecule has 1 aliphatic heterocycles. The van der Waals surface area contributed by atoms with Crippen molar-refractivity contribution in [3.8, 4) is 0 Å². The summed E-state index contributed by atoms with van der Waals surface area (Å²) in [7, 11) is 0. The third-order valence-electron chi connectivity index (χ3n) is 4.77. The summed E-state index contributed by atoms with van der Waals surface area (Å²) in [6.07, 6.45) is 5.51. The first-order valence-electron chi connectivity index (χ1n) is 7.98. The highest BCUT2D eigenvalue weighted by Crippen LogP contribution is 2.38. The monoisotopic (exact) mass is 336 g/mol. The van der Waals surface area contributed by atoms with Gasteiger partial charge in [-0.3, -0.25) is 4.90 Å². The van der Waals surface area contributed by atoms with Crippen LogP contribution in [0.25, 0.3) is 0 Å². The highest BCUT2D eigenvalue weighted by molar-refractivity contribution is 9.10. The van der Waals surface area contributed by atoms with Gasteiger partial charge in [-0.25, -0.2) is 0 Å². The van der Waals surface area contributed by atoms with Gasteiger partial charge in [-0.2, -0.15) is 0 Å². The van der Waals surface area contributed by atoms with Crippen LogP contribution in [-0.2, 0) is 13.1 Å². The fourth-order valence-corrected chi connectivity index (χ4v) is 4.23. The molecule has 1 aromatic carbocycles. The molecule has 2 aliphatic rings. The topological polar surface area (TPSA) is 15.3 Å². The van der Waals surface area contributed by atoms with Crippen LogP contribution in [0.2, 0.25) is 0 Å². The Kier molecular flexibility index (Phi) is 4.79. The fraction of sp³-hybridized carbons (Fsp3) is 0.647. The lowest BCUT2D eigenvalue weighted by atomic mass is 10.1. The Bertz CT molecular complexity index is 460. The van der Waals surface area contributed by atoms with E-state index >= 15 is 0 Å². The van der Waals surface area contributed by atoms with Crippen molar-refractivity contribution in [1.82, 2.24) is 10.2 Å². The fourth-order valence-electron chi connectivity index (χ4n) is 3.68. The maximum atomic E-state index is 3.76. The van der Waals surface area contributed by atoms with E-state index < -0.39 is 0 Å². The number of halogens is 1. The van der Waals surface area contributed by atoms with Gasteiger partial charge in [0, 0.05) is 30.1 Å². The number of rotatable bonds is 6. The average molecular weight is 337 g/mol. The predicted octanol–water partition coefficient (Wildman–Crippen LogP) is 3.93. The molecule has 2 bridgehead atoms. The molecule has 1 N–H and O–H groups in total. The normalized spacial score (nSPS) is 25.5. The van der Waals surface area contributed by atoms with Gasteiger partial charge in [0.1, 0.15) is 0 Å².